The molecule has 1 atom stereocenters. The Morgan fingerprint density at radius 3 is 1.80 bits per heavy atom. The maximum Gasteiger partial charge on any atom is 0.133 e. The molecule has 0 saturated carbocycles. The van der Waals surface area contributed by atoms with Crippen molar-refractivity contribution >= 4 is 33.1 Å². The van der Waals surface area contributed by atoms with Crippen molar-refractivity contribution < 1.29 is 0 Å². The number of aromatic nitrogens is 1. The average Bonchev–Trinajstić information content (AvgIpc) is 3.21. The largest absolute Gasteiger partial charge is 0.340 e. The number of pyridine rings is 1. The fourth-order valence-corrected chi connectivity index (χ4v) is 6.89. The number of fused-ring (bicyclic) bond motifs is 2. The number of benzene rings is 7. The first-order chi connectivity index (χ1) is 24.7. The van der Waals surface area contributed by atoms with E-state index in [-0.39, 0.29) is 6.04 Å². The second-order valence-corrected chi connectivity index (χ2v) is 12.7. The van der Waals surface area contributed by atoms with Crippen molar-refractivity contribution in [3.63, 3.8) is 0 Å². The summed E-state index contributed by atoms with van der Waals surface area (Å²) < 4.78 is 0. The van der Waals surface area contributed by atoms with Crippen molar-refractivity contribution in [1.82, 2.24) is 10.3 Å². The van der Waals surface area contributed by atoms with E-state index < -0.39 is 0 Å². The van der Waals surface area contributed by atoms with Gasteiger partial charge in [-0.15, -0.1) is 0 Å². The highest BCUT2D eigenvalue weighted by Gasteiger charge is 2.20. The molecule has 0 radical (unpaired) electrons. The van der Waals surface area contributed by atoms with E-state index in [4.69, 9.17) is 4.99 Å². The second-order valence-electron chi connectivity index (χ2n) is 12.7. The summed E-state index contributed by atoms with van der Waals surface area (Å²) in [5.41, 5.74) is 11.4. The first-order valence-electron chi connectivity index (χ1n) is 17.0. The number of hydrogen-bond donors (Lipinski definition) is 1. The van der Waals surface area contributed by atoms with Gasteiger partial charge in [-0.1, -0.05) is 164 Å². The van der Waals surface area contributed by atoms with Crippen LogP contribution in [0.25, 0.3) is 60.6 Å². The molecule has 0 spiro atoms. The van der Waals surface area contributed by atoms with Crippen LogP contribution < -0.4 is 5.32 Å². The van der Waals surface area contributed by atoms with Gasteiger partial charge in [-0.05, 0) is 67.2 Å². The summed E-state index contributed by atoms with van der Waals surface area (Å²) in [5.74, 6) is 0.855. The Balaban J connectivity index is 1.06. The van der Waals surface area contributed by atoms with Crippen molar-refractivity contribution in [1.29, 1.82) is 0 Å². The van der Waals surface area contributed by atoms with Crippen LogP contribution in [0.15, 0.2) is 193 Å². The van der Waals surface area contributed by atoms with Crippen LogP contribution in [0.4, 0.5) is 0 Å². The van der Waals surface area contributed by atoms with Gasteiger partial charge in [0.15, 0.2) is 0 Å². The van der Waals surface area contributed by atoms with Gasteiger partial charge in [0, 0.05) is 34.6 Å². The van der Waals surface area contributed by atoms with E-state index in [9.17, 15) is 0 Å². The lowest BCUT2D eigenvalue weighted by Gasteiger charge is -2.24. The monoisotopic (exact) mass is 639 g/mol. The molecule has 50 heavy (non-hydrogen) atoms. The number of nitrogens with one attached hydrogen (secondary N) is 1. The maximum absolute atomic E-state index is 5.26. The first kappa shape index (κ1) is 29.6. The minimum absolute atomic E-state index is 0.150. The van der Waals surface area contributed by atoms with Gasteiger partial charge in [0.2, 0.25) is 0 Å². The van der Waals surface area contributed by atoms with Crippen LogP contribution in [-0.2, 0) is 0 Å². The van der Waals surface area contributed by atoms with Gasteiger partial charge < -0.3 is 5.32 Å². The Kier molecular flexibility index (Phi) is 7.56. The third-order valence-electron chi connectivity index (χ3n) is 9.62. The van der Waals surface area contributed by atoms with E-state index in [2.05, 4.69) is 180 Å². The molecule has 0 bridgehead atoms. The summed E-state index contributed by atoms with van der Waals surface area (Å²) in [6.07, 6.45) is 6.12. The number of nitrogens with zero attached hydrogens (tertiary/aromatic N) is 2. The van der Waals surface area contributed by atoms with Gasteiger partial charge in [-0.2, -0.15) is 0 Å². The minimum Gasteiger partial charge on any atom is -0.340 e. The van der Waals surface area contributed by atoms with E-state index in [1.165, 1.54) is 38.4 Å². The highest BCUT2D eigenvalue weighted by Crippen LogP contribution is 2.33. The molecule has 9 rings (SSSR count). The minimum atomic E-state index is -0.150. The lowest BCUT2D eigenvalue weighted by Crippen LogP contribution is -2.27. The van der Waals surface area contributed by atoms with E-state index in [0.717, 1.165) is 44.7 Å². The zero-order valence-electron chi connectivity index (χ0n) is 27.4. The molecule has 1 unspecified atom stereocenters. The normalized spacial score (nSPS) is 14.2. The van der Waals surface area contributed by atoms with E-state index in [1.54, 1.807) is 0 Å². The molecule has 3 nitrogen and oxygen atoms in total. The second kappa shape index (κ2) is 12.8. The predicted octanol–water partition coefficient (Wildman–Crippen LogP) is 11.5. The first-order valence-corrected chi connectivity index (χ1v) is 17.0. The quantitative estimate of drug-likeness (QED) is 0.197. The molecule has 0 amide bonds. The molecule has 3 heteroatoms. The molecule has 1 aromatic heterocycles. The summed E-state index contributed by atoms with van der Waals surface area (Å²) >= 11 is 0. The Bertz CT molecular complexity index is 2520. The van der Waals surface area contributed by atoms with Crippen LogP contribution in [0.5, 0.6) is 0 Å². The molecule has 0 fully saturated rings. The van der Waals surface area contributed by atoms with Crippen LogP contribution in [0.2, 0.25) is 0 Å². The molecule has 0 saturated heterocycles. The summed E-state index contributed by atoms with van der Waals surface area (Å²) in [7, 11) is 0. The van der Waals surface area contributed by atoms with Crippen molar-refractivity contribution in [2.75, 3.05) is 0 Å². The highest BCUT2D eigenvalue weighted by atomic mass is 15.0. The molecule has 1 aliphatic heterocycles. The van der Waals surface area contributed by atoms with Gasteiger partial charge >= 0.3 is 0 Å². The fraction of sp³-hybridized carbons (Fsp3) is 0.0213. The molecule has 236 valence electrons. The van der Waals surface area contributed by atoms with E-state index in [1.807, 2.05) is 18.5 Å². The van der Waals surface area contributed by atoms with Gasteiger partial charge in [0.1, 0.15) is 5.84 Å². The fourth-order valence-electron chi connectivity index (χ4n) is 6.89. The van der Waals surface area contributed by atoms with Crippen molar-refractivity contribution in [2.45, 2.75) is 6.04 Å². The number of rotatable bonds is 6. The Morgan fingerprint density at radius 1 is 0.420 bits per heavy atom. The lowest BCUT2D eigenvalue weighted by molar-refractivity contribution is 0.880. The molecule has 0 aliphatic carbocycles. The highest BCUT2D eigenvalue weighted by molar-refractivity contribution is 6.05. The van der Waals surface area contributed by atoms with Crippen molar-refractivity contribution in [2.24, 2.45) is 4.99 Å². The smallest absolute Gasteiger partial charge is 0.133 e. The van der Waals surface area contributed by atoms with E-state index in [0.29, 0.717) is 0 Å². The lowest BCUT2D eigenvalue weighted by atomic mass is 9.96. The van der Waals surface area contributed by atoms with Crippen molar-refractivity contribution in [3.05, 3.63) is 205 Å². The topological polar surface area (TPSA) is 37.3 Å². The van der Waals surface area contributed by atoms with Crippen LogP contribution in [-0.4, -0.2) is 10.8 Å². The summed E-state index contributed by atoms with van der Waals surface area (Å²) in [4.78, 5) is 9.78. The summed E-state index contributed by atoms with van der Waals surface area (Å²) in [6, 6.07) is 60.2. The Labute approximate surface area is 292 Å². The average molecular weight is 640 g/mol. The molecule has 7 aromatic carbocycles. The zero-order valence-corrected chi connectivity index (χ0v) is 27.4. The predicted molar refractivity (Wildman–Crippen MR) is 209 cm³/mol. The SMILES string of the molecule is C1=C(c2ccc(-c3cncc4ccccc34)cc2)NC(c2ccc(-c3ccccc3)cc2)=NC1c1ccc(-c2ccc3ccccc3c2)cc1. The number of amidine groups is 1. The van der Waals surface area contributed by atoms with Gasteiger partial charge in [0.25, 0.3) is 0 Å². The van der Waals surface area contributed by atoms with Gasteiger partial charge in [-0.25, -0.2) is 0 Å². The van der Waals surface area contributed by atoms with Crippen LogP contribution in [0, 0.1) is 0 Å². The summed E-state index contributed by atoms with van der Waals surface area (Å²) in [5, 5.41) is 8.52. The molecule has 1 N–H and O–H groups in total. The van der Waals surface area contributed by atoms with Crippen LogP contribution in [0.3, 0.4) is 0 Å². The third-order valence-corrected chi connectivity index (χ3v) is 9.62. The van der Waals surface area contributed by atoms with Gasteiger partial charge in [-0.3, -0.25) is 9.98 Å². The van der Waals surface area contributed by atoms with Gasteiger partial charge in [0.05, 0.1) is 6.04 Å². The zero-order chi connectivity index (χ0) is 33.3. The molecule has 1 aliphatic rings. The van der Waals surface area contributed by atoms with Crippen LogP contribution in [0.1, 0.15) is 22.7 Å². The number of aliphatic imine (C=N–C) groups is 1. The van der Waals surface area contributed by atoms with E-state index >= 15 is 0 Å². The maximum atomic E-state index is 5.26. The molecular weight excluding hydrogens is 607 g/mol. The Hall–Kier alpha value is -6.58. The number of hydrogen-bond acceptors (Lipinski definition) is 3. The third kappa shape index (κ3) is 5.76. The molecular formula is C47H33N3. The standard InChI is InChI=1S/C47H33N3/c1-2-8-32(9-3-1)34-16-25-39(26-17-34)47-49-45(37-21-14-35(15-22-37)41-27-18-33-10-4-5-11-40(33)28-41)29-46(50-47)38-23-19-36(20-24-38)44-31-48-30-42-12-6-7-13-43(42)44/h1-31,45H,(H,49,50). The Morgan fingerprint density at radius 2 is 1.00 bits per heavy atom. The molecule has 2 heterocycles. The molecule has 8 aromatic rings. The van der Waals surface area contributed by atoms with Crippen LogP contribution >= 0.6 is 0 Å². The van der Waals surface area contributed by atoms with Crippen molar-refractivity contribution in [3.8, 4) is 33.4 Å². The summed E-state index contributed by atoms with van der Waals surface area (Å²) in [6.45, 7) is 0.